The molecule has 0 spiro atoms. The summed E-state index contributed by atoms with van der Waals surface area (Å²) in [4.78, 5) is 31.3. The Morgan fingerprint density at radius 3 is 3.00 bits per heavy atom. The van der Waals surface area contributed by atoms with Gasteiger partial charge in [0.25, 0.3) is 5.56 Å². The summed E-state index contributed by atoms with van der Waals surface area (Å²) in [5.41, 5.74) is 3.40. The SMILES string of the molecule is COc1ccc(C)cc1NC(=O)N1CCc2c(nc3cc[nH]n3c2=O)C1. The van der Waals surface area contributed by atoms with E-state index in [-0.39, 0.29) is 11.6 Å². The number of carbonyl (C=O) groups is 1. The number of H-pyrrole nitrogens is 1. The molecule has 0 fully saturated rings. The van der Waals surface area contributed by atoms with Gasteiger partial charge in [0.1, 0.15) is 5.75 Å². The number of amides is 2. The lowest BCUT2D eigenvalue weighted by Crippen LogP contribution is -2.41. The van der Waals surface area contributed by atoms with E-state index in [9.17, 15) is 9.59 Å². The van der Waals surface area contributed by atoms with Crippen LogP contribution in [0.3, 0.4) is 0 Å². The van der Waals surface area contributed by atoms with Gasteiger partial charge in [0.05, 0.1) is 25.0 Å². The summed E-state index contributed by atoms with van der Waals surface area (Å²) in [7, 11) is 1.57. The summed E-state index contributed by atoms with van der Waals surface area (Å²) in [5.74, 6) is 0.603. The van der Waals surface area contributed by atoms with E-state index in [1.165, 1.54) is 4.52 Å². The van der Waals surface area contributed by atoms with E-state index >= 15 is 0 Å². The fourth-order valence-corrected chi connectivity index (χ4v) is 3.22. The predicted octanol–water partition coefficient (Wildman–Crippen LogP) is 1.93. The van der Waals surface area contributed by atoms with Gasteiger partial charge in [-0.2, -0.15) is 0 Å². The van der Waals surface area contributed by atoms with E-state index in [0.717, 1.165) is 5.56 Å². The van der Waals surface area contributed by atoms with Crippen molar-refractivity contribution in [3.63, 3.8) is 0 Å². The molecule has 134 valence electrons. The van der Waals surface area contributed by atoms with Gasteiger partial charge < -0.3 is 15.0 Å². The number of benzene rings is 1. The number of nitrogens with one attached hydrogen (secondary N) is 2. The summed E-state index contributed by atoms with van der Waals surface area (Å²) < 4.78 is 6.73. The van der Waals surface area contributed by atoms with E-state index in [2.05, 4.69) is 15.4 Å². The van der Waals surface area contributed by atoms with Crippen LogP contribution >= 0.6 is 0 Å². The van der Waals surface area contributed by atoms with E-state index in [0.29, 0.717) is 47.9 Å². The fraction of sp³-hybridized carbons (Fsp3) is 0.278. The minimum Gasteiger partial charge on any atom is -0.495 e. The third-order valence-corrected chi connectivity index (χ3v) is 4.58. The van der Waals surface area contributed by atoms with Gasteiger partial charge >= 0.3 is 6.03 Å². The first-order valence-corrected chi connectivity index (χ1v) is 8.35. The number of aryl methyl sites for hydroxylation is 1. The van der Waals surface area contributed by atoms with Crippen LogP contribution in [0, 0.1) is 6.92 Å². The van der Waals surface area contributed by atoms with Crippen LogP contribution in [0.1, 0.15) is 16.8 Å². The molecule has 4 rings (SSSR count). The maximum Gasteiger partial charge on any atom is 0.322 e. The lowest BCUT2D eigenvalue weighted by atomic mass is 10.1. The van der Waals surface area contributed by atoms with Gasteiger partial charge in [-0.25, -0.2) is 14.3 Å². The molecule has 2 amide bonds. The van der Waals surface area contributed by atoms with Gasteiger partial charge in [-0.05, 0) is 31.0 Å². The molecule has 0 aliphatic carbocycles. The van der Waals surface area contributed by atoms with Crippen molar-refractivity contribution in [1.82, 2.24) is 19.5 Å². The Hall–Kier alpha value is -3.29. The molecule has 0 atom stereocenters. The average Bonchev–Trinajstić information content (AvgIpc) is 3.10. The molecule has 2 aromatic heterocycles. The highest BCUT2D eigenvalue weighted by molar-refractivity contribution is 5.91. The number of ether oxygens (including phenoxy) is 1. The molecule has 8 heteroatoms. The first-order valence-electron chi connectivity index (χ1n) is 8.35. The van der Waals surface area contributed by atoms with E-state index < -0.39 is 0 Å². The average molecular weight is 353 g/mol. The highest BCUT2D eigenvalue weighted by Crippen LogP contribution is 2.26. The maximum absolute atomic E-state index is 12.7. The Kier molecular flexibility index (Phi) is 3.87. The number of rotatable bonds is 2. The van der Waals surface area contributed by atoms with Crippen LogP contribution < -0.4 is 15.6 Å². The molecule has 1 aliphatic heterocycles. The summed E-state index contributed by atoms with van der Waals surface area (Å²) in [6.45, 7) is 2.70. The Morgan fingerprint density at radius 1 is 1.35 bits per heavy atom. The Morgan fingerprint density at radius 2 is 2.19 bits per heavy atom. The first kappa shape index (κ1) is 16.2. The van der Waals surface area contributed by atoms with Crippen molar-refractivity contribution in [3.8, 4) is 5.75 Å². The standard InChI is InChI=1S/C18H19N5O3/c1-11-3-4-15(26-2)13(9-11)21-18(25)22-8-6-12-14(10-22)20-16-5-7-19-23(16)17(12)24/h3-5,7,9,19H,6,8,10H2,1-2H3,(H,21,25). The van der Waals surface area contributed by atoms with Crippen LogP contribution in [0.15, 0.2) is 35.3 Å². The summed E-state index contributed by atoms with van der Waals surface area (Å²) in [6, 6.07) is 7.10. The third-order valence-electron chi connectivity index (χ3n) is 4.58. The van der Waals surface area contributed by atoms with E-state index in [1.54, 1.807) is 24.3 Å². The molecule has 1 aliphatic rings. The van der Waals surface area contributed by atoms with Crippen molar-refractivity contribution in [2.24, 2.45) is 0 Å². The van der Waals surface area contributed by atoms with Crippen LogP contribution in [0.5, 0.6) is 5.75 Å². The molecule has 0 saturated heterocycles. The van der Waals surface area contributed by atoms with Crippen LogP contribution in [-0.2, 0) is 13.0 Å². The summed E-state index contributed by atoms with van der Waals surface area (Å²) in [6.07, 6.45) is 2.14. The zero-order chi connectivity index (χ0) is 18.3. The number of hydrogen-bond donors (Lipinski definition) is 2. The smallest absolute Gasteiger partial charge is 0.322 e. The Balaban J connectivity index is 1.59. The molecule has 0 unspecified atom stereocenters. The van der Waals surface area contributed by atoms with Crippen molar-refractivity contribution < 1.29 is 9.53 Å². The molecular weight excluding hydrogens is 334 g/mol. The second-order valence-electron chi connectivity index (χ2n) is 6.30. The Bertz CT molecular complexity index is 1050. The highest BCUT2D eigenvalue weighted by Gasteiger charge is 2.25. The van der Waals surface area contributed by atoms with Crippen LogP contribution in [0.25, 0.3) is 5.65 Å². The molecule has 1 aromatic carbocycles. The number of aromatic nitrogens is 3. The number of nitrogens with zero attached hydrogens (tertiary/aromatic N) is 3. The minimum atomic E-state index is -0.240. The summed E-state index contributed by atoms with van der Waals surface area (Å²) in [5, 5.41) is 5.75. The second-order valence-corrected chi connectivity index (χ2v) is 6.30. The topological polar surface area (TPSA) is 91.7 Å². The van der Waals surface area contributed by atoms with Gasteiger partial charge in [0, 0.05) is 24.4 Å². The van der Waals surface area contributed by atoms with E-state index in [1.807, 2.05) is 25.1 Å². The van der Waals surface area contributed by atoms with Crippen LogP contribution in [0.2, 0.25) is 0 Å². The predicted molar refractivity (Wildman–Crippen MR) is 96.7 cm³/mol. The number of anilines is 1. The molecule has 0 radical (unpaired) electrons. The van der Waals surface area contributed by atoms with Crippen molar-refractivity contribution in [2.75, 3.05) is 19.0 Å². The quantitative estimate of drug-likeness (QED) is 0.736. The van der Waals surface area contributed by atoms with Gasteiger partial charge in [-0.15, -0.1) is 0 Å². The molecule has 0 bridgehead atoms. The van der Waals surface area contributed by atoms with Gasteiger partial charge in [-0.1, -0.05) is 6.07 Å². The number of methoxy groups -OCH3 is 1. The molecule has 3 aromatic rings. The molecule has 26 heavy (non-hydrogen) atoms. The molecule has 0 saturated carbocycles. The number of carbonyl (C=O) groups excluding carboxylic acids is 1. The molecule has 2 N–H and O–H groups in total. The lowest BCUT2D eigenvalue weighted by molar-refractivity contribution is 0.205. The van der Waals surface area contributed by atoms with Crippen molar-refractivity contribution in [1.29, 1.82) is 0 Å². The molecule has 3 heterocycles. The largest absolute Gasteiger partial charge is 0.495 e. The highest BCUT2D eigenvalue weighted by atomic mass is 16.5. The normalized spacial score (nSPS) is 13.5. The Labute approximate surface area is 149 Å². The van der Waals surface area contributed by atoms with Crippen molar-refractivity contribution >= 4 is 17.4 Å². The number of fused-ring (bicyclic) bond motifs is 2. The first-order chi connectivity index (χ1) is 12.6. The van der Waals surface area contributed by atoms with Crippen molar-refractivity contribution in [3.05, 3.63) is 57.6 Å². The number of aromatic amines is 1. The summed E-state index contributed by atoms with van der Waals surface area (Å²) >= 11 is 0. The number of urea groups is 1. The third kappa shape index (κ3) is 2.69. The van der Waals surface area contributed by atoms with Gasteiger partial charge in [0.15, 0.2) is 5.65 Å². The molecular formula is C18H19N5O3. The van der Waals surface area contributed by atoms with Crippen LogP contribution in [-0.4, -0.2) is 39.2 Å². The maximum atomic E-state index is 12.7. The molecule has 8 nitrogen and oxygen atoms in total. The monoisotopic (exact) mass is 353 g/mol. The fourth-order valence-electron chi connectivity index (χ4n) is 3.22. The van der Waals surface area contributed by atoms with E-state index in [4.69, 9.17) is 4.74 Å². The number of hydrogen-bond acceptors (Lipinski definition) is 4. The zero-order valence-electron chi connectivity index (χ0n) is 14.6. The second kappa shape index (κ2) is 6.21. The van der Waals surface area contributed by atoms with Crippen LogP contribution in [0.4, 0.5) is 10.5 Å². The minimum absolute atomic E-state index is 0.101. The van der Waals surface area contributed by atoms with Gasteiger partial charge in [-0.3, -0.25) is 9.89 Å². The lowest BCUT2D eigenvalue weighted by Gasteiger charge is -2.28. The van der Waals surface area contributed by atoms with Gasteiger partial charge in [0.2, 0.25) is 0 Å². The van der Waals surface area contributed by atoms with Crippen molar-refractivity contribution in [2.45, 2.75) is 19.9 Å². The zero-order valence-corrected chi connectivity index (χ0v) is 14.6.